The summed E-state index contributed by atoms with van der Waals surface area (Å²) in [4.78, 5) is 10.5. The maximum atomic E-state index is 10.5. The predicted octanol–water partition coefficient (Wildman–Crippen LogP) is 2.50. The molecule has 0 aromatic heterocycles. The van der Waals surface area contributed by atoms with Crippen molar-refractivity contribution < 1.29 is 4.92 Å². The van der Waals surface area contributed by atoms with Gasteiger partial charge >= 0.3 is 0 Å². The van der Waals surface area contributed by atoms with Crippen LogP contribution in [0, 0.1) is 24.0 Å². The number of hydrogen-bond acceptors (Lipinski definition) is 3. The summed E-state index contributed by atoms with van der Waals surface area (Å²) in [5.41, 5.74) is 1.80. The molecule has 4 heteroatoms. The van der Waals surface area contributed by atoms with Crippen molar-refractivity contribution in [3.05, 3.63) is 33.4 Å². The van der Waals surface area contributed by atoms with Gasteiger partial charge in [-0.25, -0.2) is 0 Å². The summed E-state index contributed by atoms with van der Waals surface area (Å²) < 4.78 is 0. The molecular weight excluding hydrogens is 174 g/mol. The Bertz CT molecular complexity index is 336. The summed E-state index contributed by atoms with van der Waals surface area (Å²) in [6.45, 7) is 3.63. The van der Waals surface area contributed by atoms with E-state index in [4.69, 9.17) is 0 Å². The molecule has 0 heterocycles. The van der Waals surface area contributed by atoms with E-state index >= 15 is 0 Å². The molecule has 0 bridgehead atoms. The van der Waals surface area contributed by atoms with Crippen molar-refractivity contribution in [2.75, 3.05) is 0 Å². The van der Waals surface area contributed by atoms with Crippen LogP contribution in [0.5, 0.6) is 0 Å². The first-order valence-electron chi connectivity index (χ1n) is 3.47. The Morgan fingerprint density at radius 1 is 1.42 bits per heavy atom. The molecule has 0 unspecified atom stereocenters. The summed E-state index contributed by atoms with van der Waals surface area (Å²) in [7, 11) is 0. The van der Waals surface area contributed by atoms with Crippen molar-refractivity contribution in [2.45, 2.75) is 18.7 Å². The molecule has 12 heavy (non-hydrogen) atoms. The van der Waals surface area contributed by atoms with Crippen LogP contribution in [0.15, 0.2) is 17.0 Å². The number of nitro benzene ring substituents is 1. The van der Waals surface area contributed by atoms with Gasteiger partial charge in [-0.1, -0.05) is 6.07 Å². The van der Waals surface area contributed by atoms with Gasteiger partial charge in [0.05, 0.1) is 9.82 Å². The molecule has 0 atom stereocenters. The highest BCUT2D eigenvalue weighted by atomic mass is 32.1. The maximum absolute atomic E-state index is 10.5. The Labute approximate surface area is 76.0 Å². The molecule has 1 rings (SSSR count). The van der Waals surface area contributed by atoms with Crippen LogP contribution in [0.4, 0.5) is 5.69 Å². The van der Waals surface area contributed by atoms with Gasteiger partial charge in [0.2, 0.25) is 0 Å². The highest BCUT2D eigenvalue weighted by Crippen LogP contribution is 2.26. The minimum absolute atomic E-state index is 0.0795. The molecule has 0 radical (unpaired) electrons. The lowest BCUT2D eigenvalue weighted by atomic mass is 10.1. The third kappa shape index (κ3) is 1.58. The topological polar surface area (TPSA) is 43.1 Å². The van der Waals surface area contributed by atoms with Gasteiger partial charge in [0.15, 0.2) is 0 Å². The minimum Gasteiger partial charge on any atom is -0.258 e. The number of aryl methyl sites for hydroxylation is 2. The molecule has 0 N–H and O–H groups in total. The molecule has 0 aliphatic rings. The number of hydrogen-bond donors (Lipinski definition) is 1. The van der Waals surface area contributed by atoms with Gasteiger partial charge < -0.3 is 0 Å². The summed E-state index contributed by atoms with van der Waals surface area (Å²) >= 11 is 4.06. The van der Waals surface area contributed by atoms with Gasteiger partial charge in [-0.05, 0) is 25.0 Å². The van der Waals surface area contributed by atoms with Crippen LogP contribution in [-0.4, -0.2) is 4.92 Å². The summed E-state index contributed by atoms with van der Waals surface area (Å²) in [6, 6.07) is 3.39. The maximum Gasteiger partial charge on any atom is 0.283 e. The second-order valence-corrected chi connectivity index (χ2v) is 3.15. The van der Waals surface area contributed by atoms with Crippen molar-refractivity contribution in [1.29, 1.82) is 0 Å². The Balaban J connectivity index is 3.37. The van der Waals surface area contributed by atoms with E-state index in [0.29, 0.717) is 4.90 Å². The van der Waals surface area contributed by atoms with Crippen LogP contribution in [0.2, 0.25) is 0 Å². The molecule has 0 amide bonds. The van der Waals surface area contributed by atoms with Gasteiger partial charge in [-0.15, -0.1) is 12.6 Å². The number of benzene rings is 1. The average Bonchev–Trinajstić information content (AvgIpc) is 1.96. The zero-order valence-electron chi connectivity index (χ0n) is 6.87. The summed E-state index contributed by atoms with van der Waals surface area (Å²) in [5, 5.41) is 10.5. The molecule has 0 aliphatic heterocycles. The Morgan fingerprint density at radius 2 is 2.00 bits per heavy atom. The fraction of sp³-hybridized carbons (Fsp3) is 0.250. The van der Waals surface area contributed by atoms with Crippen molar-refractivity contribution in [2.24, 2.45) is 0 Å². The van der Waals surface area contributed by atoms with E-state index in [9.17, 15) is 10.1 Å². The number of rotatable bonds is 1. The van der Waals surface area contributed by atoms with Crippen LogP contribution in [-0.2, 0) is 0 Å². The van der Waals surface area contributed by atoms with E-state index in [-0.39, 0.29) is 5.69 Å². The Hall–Kier alpha value is -1.03. The monoisotopic (exact) mass is 183 g/mol. The fourth-order valence-electron chi connectivity index (χ4n) is 1.08. The van der Waals surface area contributed by atoms with Gasteiger partial charge in [0.25, 0.3) is 5.69 Å². The second kappa shape index (κ2) is 3.15. The normalized spacial score (nSPS) is 9.92. The molecular formula is C8H9NO2S. The van der Waals surface area contributed by atoms with Gasteiger partial charge in [0.1, 0.15) is 0 Å². The third-order valence-electron chi connectivity index (χ3n) is 1.62. The molecule has 0 saturated carbocycles. The number of nitrogens with zero attached hydrogens (tertiary/aromatic N) is 1. The smallest absolute Gasteiger partial charge is 0.258 e. The lowest BCUT2D eigenvalue weighted by molar-refractivity contribution is -0.387. The lowest BCUT2D eigenvalue weighted by Gasteiger charge is -2.01. The highest BCUT2D eigenvalue weighted by Gasteiger charge is 2.12. The molecule has 1 aromatic carbocycles. The van der Waals surface area contributed by atoms with Gasteiger partial charge in [0, 0.05) is 6.07 Å². The average molecular weight is 183 g/mol. The zero-order valence-corrected chi connectivity index (χ0v) is 7.76. The standard InChI is InChI=1S/C8H9NO2S/c1-5-3-6(2)8(12)7(4-5)9(10)11/h3-4,12H,1-2H3. The first-order chi connectivity index (χ1) is 5.52. The van der Waals surface area contributed by atoms with Gasteiger partial charge in [-0.2, -0.15) is 0 Å². The first kappa shape index (κ1) is 9.06. The molecule has 64 valence electrons. The molecule has 0 spiro atoms. The van der Waals surface area contributed by atoms with E-state index in [2.05, 4.69) is 12.6 Å². The molecule has 3 nitrogen and oxygen atoms in total. The van der Waals surface area contributed by atoms with E-state index < -0.39 is 4.92 Å². The fourth-order valence-corrected chi connectivity index (χ4v) is 1.29. The SMILES string of the molecule is Cc1cc(C)c(S)c([N+](=O)[O-])c1. The van der Waals surface area contributed by atoms with E-state index in [1.54, 1.807) is 0 Å². The first-order valence-corrected chi connectivity index (χ1v) is 3.91. The van der Waals surface area contributed by atoms with Crippen molar-refractivity contribution in [3.63, 3.8) is 0 Å². The zero-order chi connectivity index (χ0) is 9.30. The van der Waals surface area contributed by atoms with Crippen LogP contribution in [0.1, 0.15) is 11.1 Å². The minimum atomic E-state index is -0.414. The van der Waals surface area contributed by atoms with Crippen molar-refractivity contribution >= 4 is 18.3 Å². The lowest BCUT2D eigenvalue weighted by Crippen LogP contribution is -1.92. The highest BCUT2D eigenvalue weighted by molar-refractivity contribution is 7.80. The van der Waals surface area contributed by atoms with E-state index in [0.717, 1.165) is 11.1 Å². The van der Waals surface area contributed by atoms with E-state index in [1.165, 1.54) is 6.07 Å². The quantitative estimate of drug-likeness (QED) is 0.413. The number of nitro groups is 1. The van der Waals surface area contributed by atoms with Crippen LogP contribution in [0.3, 0.4) is 0 Å². The van der Waals surface area contributed by atoms with Crippen molar-refractivity contribution in [3.8, 4) is 0 Å². The van der Waals surface area contributed by atoms with Crippen LogP contribution in [0.25, 0.3) is 0 Å². The predicted molar refractivity (Wildman–Crippen MR) is 49.8 cm³/mol. The van der Waals surface area contributed by atoms with Crippen molar-refractivity contribution in [1.82, 2.24) is 0 Å². The number of thiol groups is 1. The van der Waals surface area contributed by atoms with Crippen LogP contribution >= 0.6 is 12.6 Å². The molecule has 1 aromatic rings. The van der Waals surface area contributed by atoms with Crippen LogP contribution < -0.4 is 0 Å². The molecule has 0 saturated heterocycles. The second-order valence-electron chi connectivity index (χ2n) is 2.71. The Kier molecular flexibility index (Phi) is 2.38. The molecule has 0 fully saturated rings. The third-order valence-corrected chi connectivity index (χ3v) is 2.20. The molecule has 0 aliphatic carbocycles. The Morgan fingerprint density at radius 3 is 2.50 bits per heavy atom. The summed E-state index contributed by atoms with van der Waals surface area (Å²) in [5.74, 6) is 0. The largest absolute Gasteiger partial charge is 0.283 e. The van der Waals surface area contributed by atoms with E-state index in [1.807, 2.05) is 19.9 Å². The summed E-state index contributed by atoms with van der Waals surface area (Å²) in [6.07, 6.45) is 0. The van der Waals surface area contributed by atoms with Gasteiger partial charge in [-0.3, -0.25) is 10.1 Å².